The van der Waals surface area contributed by atoms with Crippen LogP contribution in [0.2, 0.25) is 0 Å². The summed E-state index contributed by atoms with van der Waals surface area (Å²) in [6.45, 7) is 14.6. The number of carbonyl (C=O) groups is 2. The highest BCUT2D eigenvalue weighted by atomic mass is 16.5. The molecule has 0 spiro atoms. The minimum absolute atomic E-state index is 0.0412. The van der Waals surface area contributed by atoms with Gasteiger partial charge in [-0.25, -0.2) is 0 Å². The Morgan fingerprint density at radius 2 is 1.95 bits per heavy atom. The van der Waals surface area contributed by atoms with Crippen molar-refractivity contribution in [1.29, 1.82) is 0 Å². The van der Waals surface area contributed by atoms with Gasteiger partial charge in [0.15, 0.2) is 0 Å². The summed E-state index contributed by atoms with van der Waals surface area (Å²) in [6, 6.07) is 0. The summed E-state index contributed by atoms with van der Waals surface area (Å²) in [6.07, 6.45) is -0.0412. The van der Waals surface area contributed by atoms with Crippen molar-refractivity contribution in [3.05, 3.63) is 0 Å². The molecule has 5 nitrogen and oxygen atoms in total. The maximum absolute atomic E-state index is 12.9. The van der Waals surface area contributed by atoms with Gasteiger partial charge in [-0.05, 0) is 33.1 Å². The molecular weight excluding hydrogens is 270 g/mol. The Morgan fingerprint density at radius 3 is 2.38 bits per heavy atom. The molecule has 5 heteroatoms. The quantitative estimate of drug-likeness (QED) is 0.592. The van der Waals surface area contributed by atoms with Crippen molar-refractivity contribution in [1.82, 2.24) is 4.90 Å². The van der Waals surface area contributed by atoms with E-state index in [2.05, 4.69) is 0 Å². The highest BCUT2D eigenvalue weighted by Crippen LogP contribution is 2.31. The number of esters is 1. The summed E-state index contributed by atoms with van der Waals surface area (Å²) in [5.74, 6) is -1.38. The molecule has 1 fully saturated rings. The van der Waals surface area contributed by atoms with Crippen molar-refractivity contribution in [3.8, 4) is 0 Å². The van der Waals surface area contributed by atoms with Crippen molar-refractivity contribution in [2.45, 2.75) is 60.2 Å². The highest BCUT2D eigenvalue weighted by Gasteiger charge is 2.44. The van der Waals surface area contributed by atoms with Gasteiger partial charge < -0.3 is 14.4 Å². The second-order valence-electron chi connectivity index (χ2n) is 7.46. The lowest BCUT2D eigenvalue weighted by molar-refractivity contribution is -0.173. The minimum Gasteiger partial charge on any atom is -0.465 e. The van der Waals surface area contributed by atoms with Crippen LogP contribution in [0.15, 0.2) is 0 Å². The molecule has 0 aromatic heterocycles. The monoisotopic (exact) mass is 299 g/mol. The lowest BCUT2D eigenvalue weighted by Crippen LogP contribution is -2.57. The Balaban J connectivity index is 2.98. The van der Waals surface area contributed by atoms with Crippen LogP contribution < -0.4 is 0 Å². The van der Waals surface area contributed by atoms with E-state index in [1.165, 1.54) is 0 Å². The topological polar surface area (TPSA) is 55.8 Å². The summed E-state index contributed by atoms with van der Waals surface area (Å²) in [5.41, 5.74) is -0.876. The van der Waals surface area contributed by atoms with Gasteiger partial charge in [0.2, 0.25) is 5.91 Å². The molecule has 0 radical (unpaired) electrons. The third-order valence-electron chi connectivity index (χ3n) is 3.52. The molecule has 1 amide bonds. The maximum Gasteiger partial charge on any atom is 0.319 e. The van der Waals surface area contributed by atoms with Gasteiger partial charge in [0.05, 0.1) is 18.3 Å². The molecule has 1 aliphatic rings. The number of nitrogens with zero attached hydrogens (tertiary/aromatic N) is 1. The molecule has 0 aromatic rings. The number of amides is 1. The van der Waals surface area contributed by atoms with E-state index < -0.39 is 22.9 Å². The molecule has 21 heavy (non-hydrogen) atoms. The maximum atomic E-state index is 12.9. The van der Waals surface area contributed by atoms with Crippen LogP contribution in [0.25, 0.3) is 0 Å². The first-order chi connectivity index (χ1) is 9.48. The van der Waals surface area contributed by atoms with Gasteiger partial charge in [-0.3, -0.25) is 9.59 Å². The van der Waals surface area contributed by atoms with Crippen molar-refractivity contribution < 1.29 is 19.1 Å². The van der Waals surface area contributed by atoms with Crippen LogP contribution in [0.5, 0.6) is 0 Å². The Morgan fingerprint density at radius 1 is 1.38 bits per heavy atom. The van der Waals surface area contributed by atoms with Crippen LogP contribution in [0.3, 0.4) is 0 Å². The molecule has 1 saturated heterocycles. The Hall–Kier alpha value is -1.10. The third kappa shape index (κ3) is 4.70. The molecule has 0 aliphatic carbocycles. The van der Waals surface area contributed by atoms with E-state index in [0.29, 0.717) is 13.1 Å². The third-order valence-corrected chi connectivity index (χ3v) is 3.52. The van der Waals surface area contributed by atoms with Crippen LogP contribution in [-0.2, 0) is 19.1 Å². The number of ether oxygens (including phenoxy) is 2. The zero-order valence-corrected chi connectivity index (χ0v) is 14.4. The number of morpholine rings is 1. The highest BCUT2D eigenvalue weighted by molar-refractivity contribution is 5.98. The number of carbonyl (C=O) groups excluding carboxylic acids is 2. The molecule has 0 bridgehead atoms. The van der Waals surface area contributed by atoms with Gasteiger partial charge in [-0.2, -0.15) is 0 Å². The second kappa shape index (κ2) is 6.34. The second-order valence-corrected chi connectivity index (χ2v) is 7.46. The van der Waals surface area contributed by atoms with Crippen molar-refractivity contribution in [2.24, 2.45) is 11.3 Å². The zero-order valence-electron chi connectivity index (χ0n) is 14.4. The van der Waals surface area contributed by atoms with E-state index in [1.807, 2.05) is 41.5 Å². The van der Waals surface area contributed by atoms with E-state index in [-0.39, 0.29) is 18.6 Å². The Kier molecular flexibility index (Phi) is 5.42. The van der Waals surface area contributed by atoms with Crippen molar-refractivity contribution in [3.63, 3.8) is 0 Å². The van der Waals surface area contributed by atoms with Gasteiger partial charge in [-0.1, -0.05) is 20.8 Å². The fraction of sp³-hybridized carbons (Fsp3) is 0.875. The standard InChI is InChI=1S/C16H29NO4/c1-8-20-14(19)12(15(3,4)5)13(18)17-9-11(2)21-16(6,7)10-17/h11-12H,8-10H2,1-7H3. The lowest BCUT2D eigenvalue weighted by atomic mass is 9.79. The molecule has 1 rings (SSSR count). The summed E-state index contributed by atoms with van der Waals surface area (Å²) < 4.78 is 10.9. The largest absolute Gasteiger partial charge is 0.465 e. The van der Waals surface area contributed by atoms with E-state index in [1.54, 1.807) is 11.8 Å². The summed E-state index contributed by atoms with van der Waals surface area (Å²) in [4.78, 5) is 26.8. The van der Waals surface area contributed by atoms with Crippen molar-refractivity contribution in [2.75, 3.05) is 19.7 Å². The first kappa shape index (κ1) is 18.0. The molecule has 2 atom stereocenters. The van der Waals surface area contributed by atoms with Gasteiger partial charge in [0.25, 0.3) is 0 Å². The lowest BCUT2D eigenvalue weighted by Gasteiger charge is -2.43. The molecule has 122 valence electrons. The van der Waals surface area contributed by atoms with E-state index in [9.17, 15) is 9.59 Å². The smallest absolute Gasteiger partial charge is 0.319 e. The molecule has 1 heterocycles. The first-order valence-electron chi connectivity index (χ1n) is 7.61. The summed E-state index contributed by atoms with van der Waals surface area (Å²) in [5, 5.41) is 0. The molecule has 0 saturated carbocycles. The Labute approximate surface area is 128 Å². The van der Waals surface area contributed by atoms with E-state index >= 15 is 0 Å². The van der Waals surface area contributed by atoms with Gasteiger partial charge in [-0.15, -0.1) is 0 Å². The van der Waals surface area contributed by atoms with Crippen LogP contribution in [0.1, 0.15) is 48.5 Å². The van der Waals surface area contributed by atoms with Crippen LogP contribution in [0.4, 0.5) is 0 Å². The van der Waals surface area contributed by atoms with Gasteiger partial charge in [0, 0.05) is 13.1 Å². The van der Waals surface area contributed by atoms with Crippen molar-refractivity contribution >= 4 is 11.9 Å². The van der Waals surface area contributed by atoms with Crippen LogP contribution >= 0.6 is 0 Å². The van der Waals surface area contributed by atoms with E-state index in [4.69, 9.17) is 9.47 Å². The fourth-order valence-electron chi connectivity index (χ4n) is 2.85. The normalized spacial score (nSPS) is 23.6. The SMILES string of the molecule is CCOC(=O)C(C(=O)N1CC(C)OC(C)(C)C1)C(C)(C)C. The fourth-order valence-corrected chi connectivity index (χ4v) is 2.85. The van der Waals surface area contributed by atoms with Gasteiger partial charge >= 0.3 is 5.97 Å². The predicted molar refractivity (Wildman–Crippen MR) is 80.8 cm³/mol. The predicted octanol–water partition coefficient (Wildman–Crippen LogP) is 2.24. The van der Waals surface area contributed by atoms with E-state index in [0.717, 1.165) is 0 Å². The van der Waals surface area contributed by atoms with Gasteiger partial charge in [0.1, 0.15) is 5.92 Å². The molecule has 1 aliphatic heterocycles. The zero-order chi connectivity index (χ0) is 16.4. The number of hydrogen-bond donors (Lipinski definition) is 0. The molecule has 0 N–H and O–H groups in total. The minimum atomic E-state index is -0.779. The molecular formula is C16H29NO4. The van der Waals surface area contributed by atoms with Crippen LogP contribution in [0, 0.1) is 11.3 Å². The number of hydrogen-bond acceptors (Lipinski definition) is 4. The summed E-state index contributed by atoms with van der Waals surface area (Å²) >= 11 is 0. The molecule has 2 unspecified atom stereocenters. The molecule has 0 aromatic carbocycles. The Bertz CT molecular complexity index is 398. The summed E-state index contributed by atoms with van der Waals surface area (Å²) in [7, 11) is 0. The average molecular weight is 299 g/mol. The van der Waals surface area contributed by atoms with Crippen LogP contribution in [-0.4, -0.2) is 48.2 Å². The average Bonchev–Trinajstić information content (AvgIpc) is 2.24. The number of rotatable bonds is 3. The first-order valence-corrected chi connectivity index (χ1v) is 7.61.